The molecule has 6 unspecified atom stereocenters. The number of hydrogen-bond donors (Lipinski definition) is 7. The van der Waals surface area contributed by atoms with Gasteiger partial charge in [-0.15, -0.1) is 0 Å². The summed E-state index contributed by atoms with van der Waals surface area (Å²) in [6.07, 6.45) is -0.314. The average molecular weight is 573 g/mol. The smallest absolute Gasteiger partial charge is 0.463 e. The number of aliphatic hydroxyl groups is 6. The van der Waals surface area contributed by atoms with E-state index in [2.05, 4.69) is 22.9 Å². The minimum atomic E-state index is -4.98. The first kappa shape index (κ1) is 35.4. The van der Waals surface area contributed by atoms with Gasteiger partial charge in [0.15, 0.2) is 0 Å². The molecular weight excluding hydrogens is 523 g/mol. The van der Waals surface area contributed by atoms with Gasteiger partial charge >= 0.3 is 13.8 Å². The molecule has 0 spiro atoms. The van der Waals surface area contributed by atoms with Crippen molar-refractivity contribution >= 4 is 13.8 Å². The fourth-order valence-electron chi connectivity index (χ4n) is 4.23. The van der Waals surface area contributed by atoms with E-state index in [9.17, 15) is 44.9 Å². The van der Waals surface area contributed by atoms with Crippen LogP contribution in [0.5, 0.6) is 0 Å². The molecule has 226 valence electrons. The number of carbonyl (C=O) groups excluding carboxylic acids is 1. The minimum absolute atomic E-state index is 0.193. The number of carbonyl (C=O) groups is 1. The van der Waals surface area contributed by atoms with Gasteiger partial charge in [0.05, 0.1) is 6.61 Å². The van der Waals surface area contributed by atoms with Gasteiger partial charge in [-0.2, -0.15) is 0 Å². The van der Waals surface area contributed by atoms with Gasteiger partial charge in [-0.25, -0.2) is 4.57 Å². The van der Waals surface area contributed by atoms with E-state index in [-0.39, 0.29) is 6.42 Å². The fourth-order valence-corrected chi connectivity index (χ4v) is 5.21. The maximum Gasteiger partial charge on any atom is 0.472 e. The van der Waals surface area contributed by atoms with E-state index in [0.717, 1.165) is 25.2 Å². The minimum Gasteiger partial charge on any atom is -0.463 e. The molecule has 38 heavy (non-hydrogen) atoms. The van der Waals surface area contributed by atoms with Crippen molar-refractivity contribution in [1.82, 2.24) is 0 Å². The maximum atomic E-state index is 12.1. The van der Waals surface area contributed by atoms with Crippen molar-refractivity contribution in [3.63, 3.8) is 0 Å². The molecule has 13 heteroatoms. The van der Waals surface area contributed by atoms with Gasteiger partial charge in [0, 0.05) is 6.42 Å². The van der Waals surface area contributed by atoms with E-state index in [4.69, 9.17) is 4.74 Å². The number of unbranched alkanes of at least 4 members (excludes halogenated alkanes) is 9. The fraction of sp³-hybridized carbons (Fsp3) is 0.960. The Morgan fingerprint density at radius 3 is 1.68 bits per heavy atom. The van der Waals surface area contributed by atoms with E-state index < -0.39 is 69.7 Å². The third-order valence-corrected chi connectivity index (χ3v) is 7.59. The zero-order chi connectivity index (χ0) is 28.7. The van der Waals surface area contributed by atoms with Crippen LogP contribution in [-0.2, 0) is 23.1 Å². The van der Waals surface area contributed by atoms with Crippen LogP contribution in [0.2, 0.25) is 0 Å². The first-order valence-corrected chi connectivity index (χ1v) is 15.2. The standard InChI is InChI=1S/C25H49O12P/c1-17(2)13-11-9-7-5-3-4-6-8-10-12-14-19(27)35-15-18(26)16-36-38(33,34)37-25-23(31)21(29)20(28)22(30)24(25)32/h17-18,20-26,28-32H,3-16H2,1-2H3,(H,33,34). The summed E-state index contributed by atoms with van der Waals surface area (Å²) in [7, 11) is -4.98. The highest BCUT2D eigenvalue weighted by atomic mass is 31.2. The Balaban J connectivity index is 2.12. The molecule has 0 heterocycles. The maximum absolute atomic E-state index is 12.1. The summed E-state index contributed by atoms with van der Waals surface area (Å²) in [4.78, 5) is 21.6. The van der Waals surface area contributed by atoms with Crippen LogP contribution in [0.1, 0.15) is 90.9 Å². The highest BCUT2D eigenvalue weighted by Gasteiger charge is 2.51. The Bertz CT molecular complexity index is 677. The largest absolute Gasteiger partial charge is 0.472 e. The quantitative estimate of drug-likeness (QED) is 0.0631. The van der Waals surface area contributed by atoms with Crippen LogP contribution in [0.4, 0.5) is 0 Å². The van der Waals surface area contributed by atoms with Crippen LogP contribution in [0.3, 0.4) is 0 Å². The summed E-state index contributed by atoms with van der Waals surface area (Å²) in [5.41, 5.74) is 0. The number of rotatable bonds is 20. The Hall–Kier alpha value is -0.660. The molecule has 0 bridgehead atoms. The first-order chi connectivity index (χ1) is 17.9. The zero-order valence-corrected chi connectivity index (χ0v) is 23.5. The lowest BCUT2D eigenvalue weighted by Gasteiger charge is -2.41. The number of esters is 1. The van der Waals surface area contributed by atoms with Crippen molar-refractivity contribution in [3.8, 4) is 0 Å². The van der Waals surface area contributed by atoms with Crippen LogP contribution in [0, 0.1) is 5.92 Å². The summed E-state index contributed by atoms with van der Waals surface area (Å²) in [5.74, 6) is 0.271. The lowest BCUT2D eigenvalue weighted by molar-refractivity contribution is -0.220. The Morgan fingerprint density at radius 2 is 1.18 bits per heavy atom. The number of hydrogen-bond acceptors (Lipinski definition) is 11. The molecule has 0 aromatic rings. The second kappa shape index (κ2) is 18.6. The summed E-state index contributed by atoms with van der Waals surface area (Å²) in [6.45, 7) is 3.26. The number of aliphatic hydroxyl groups excluding tert-OH is 6. The summed E-state index contributed by atoms with van der Waals surface area (Å²) in [5, 5.41) is 58.5. The molecule has 1 aliphatic carbocycles. The molecule has 0 saturated heterocycles. The molecule has 12 nitrogen and oxygen atoms in total. The van der Waals surface area contributed by atoms with Crippen molar-refractivity contribution in [1.29, 1.82) is 0 Å². The predicted molar refractivity (Wildman–Crippen MR) is 138 cm³/mol. The van der Waals surface area contributed by atoms with Gasteiger partial charge in [-0.3, -0.25) is 13.8 Å². The van der Waals surface area contributed by atoms with Gasteiger partial charge in [0.25, 0.3) is 0 Å². The molecule has 0 aromatic heterocycles. The molecule has 1 saturated carbocycles. The third-order valence-electron chi connectivity index (χ3n) is 6.61. The number of phosphoric acid groups is 1. The summed E-state index contributed by atoms with van der Waals surface area (Å²) >= 11 is 0. The van der Waals surface area contributed by atoms with Crippen molar-refractivity contribution in [2.24, 2.45) is 5.92 Å². The van der Waals surface area contributed by atoms with Gasteiger partial charge < -0.3 is 40.3 Å². The second-order valence-electron chi connectivity index (χ2n) is 10.6. The molecule has 0 radical (unpaired) electrons. The third kappa shape index (κ3) is 14.1. The SMILES string of the molecule is CC(C)CCCCCCCCCCCCC(=O)OCC(O)COP(=O)(O)OC1C(O)C(O)C(O)C(O)C1O. The van der Waals surface area contributed by atoms with Crippen molar-refractivity contribution in [2.45, 2.75) is 134 Å². The van der Waals surface area contributed by atoms with Crippen molar-refractivity contribution in [2.75, 3.05) is 13.2 Å². The van der Waals surface area contributed by atoms with E-state index in [1.165, 1.54) is 44.9 Å². The van der Waals surface area contributed by atoms with Crippen LogP contribution in [0.15, 0.2) is 0 Å². The Morgan fingerprint density at radius 1 is 0.737 bits per heavy atom. The average Bonchev–Trinajstić information content (AvgIpc) is 2.87. The molecule has 1 fully saturated rings. The topological polar surface area (TPSA) is 203 Å². The Kier molecular flexibility index (Phi) is 17.4. The van der Waals surface area contributed by atoms with Crippen LogP contribution >= 0.6 is 7.82 Å². The molecule has 6 atom stereocenters. The first-order valence-electron chi connectivity index (χ1n) is 13.8. The van der Waals surface area contributed by atoms with Crippen LogP contribution in [-0.4, -0.2) is 97.4 Å². The highest BCUT2D eigenvalue weighted by Crippen LogP contribution is 2.47. The van der Waals surface area contributed by atoms with Gasteiger partial charge in [0.2, 0.25) is 0 Å². The molecule has 7 N–H and O–H groups in total. The second-order valence-corrected chi connectivity index (χ2v) is 12.0. The van der Waals surface area contributed by atoms with Gasteiger partial charge in [-0.1, -0.05) is 78.1 Å². The van der Waals surface area contributed by atoms with E-state index in [1.54, 1.807) is 0 Å². The van der Waals surface area contributed by atoms with E-state index >= 15 is 0 Å². The molecule has 1 rings (SSSR count). The molecule has 0 aromatic carbocycles. The van der Waals surface area contributed by atoms with Crippen LogP contribution < -0.4 is 0 Å². The monoisotopic (exact) mass is 572 g/mol. The lowest BCUT2D eigenvalue weighted by atomic mass is 9.85. The molecule has 1 aliphatic rings. The van der Waals surface area contributed by atoms with Crippen molar-refractivity contribution < 1.29 is 58.7 Å². The number of ether oxygens (including phenoxy) is 1. The number of phosphoric ester groups is 1. The molecule has 0 aliphatic heterocycles. The van der Waals surface area contributed by atoms with E-state index in [1.807, 2.05) is 0 Å². The zero-order valence-electron chi connectivity index (χ0n) is 22.6. The summed E-state index contributed by atoms with van der Waals surface area (Å²) < 4.78 is 26.3. The lowest BCUT2D eigenvalue weighted by Crippen LogP contribution is -2.64. The van der Waals surface area contributed by atoms with Gasteiger partial charge in [0.1, 0.15) is 49.3 Å². The summed E-state index contributed by atoms with van der Waals surface area (Å²) in [6, 6.07) is 0. The van der Waals surface area contributed by atoms with Crippen molar-refractivity contribution in [3.05, 3.63) is 0 Å². The molecule has 0 amide bonds. The normalized spacial score (nSPS) is 28.3. The predicted octanol–water partition coefficient (Wildman–Crippen LogP) is 1.55. The molecular formula is C25H49O12P. The van der Waals surface area contributed by atoms with Crippen LogP contribution in [0.25, 0.3) is 0 Å². The Labute approximate surface area is 225 Å². The van der Waals surface area contributed by atoms with E-state index in [0.29, 0.717) is 6.42 Å². The highest BCUT2D eigenvalue weighted by molar-refractivity contribution is 7.47. The van der Waals surface area contributed by atoms with Gasteiger partial charge in [-0.05, 0) is 12.3 Å².